The molecule has 2 rings (SSSR count). The average molecular weight is 298 g/mol. The predicted molar refractivity (Wildman–Crippen MR) is 89.5 cm³/mol. The molecule has 0 radical (unpaired) electrons. The second kappa shape index (κ2) is 6.98. The number of carbonyl (C=O) groups is 1. The van der Waals surface area contributed by atoms with Gasteiger partial charge in [-0.2, -0.15) is 0 Å². The third-order valence-electron chi connectivity index (χ3n) is 3.67. The van der Waals surface area contributed by atoms with E-state index in [1.54, 1.807) is 7.05 Å². The van der Waals surface area contributed by atoms with Crippen molar-refractivity contribution in [3.05, 3.63) is 58.7 Å². The molecule has 4 nitrogen and oxygen atoms in total. The summed E-state index contributed by atoms with van der Waals surface area (Å²) in [6, 6.07) is 11.6. The van der Waals surface area contributed by atoms with Crippen molar-refractivity contribution in [2.45, 2.75) is 27.4 Å². The van der Waals surface area contributed by atoms with E-state index in [2.05, 4.69) is 36.6 Å². The SMILES string of the molecule is CNC(=O)Nc1ccccc1COc1cc(C)c(C)cc1C. The maximum absolute atomic E-state index is 11.5. The lowest BCUT2D eigenvalue weighted by atomic mass is 10.1. The number of aryl methyl sites for hydroxylation is 3. The zero-order valence-electron chi connectivity index (χ0n) is 13.5. The van der Waals surface area contributed by atoms with Crippen LogP contribution in [-0.2, 0) is 6.61 Å². The van der Waals surface area contributed by atoms with Crippen LogP contribution in [0.4, 0.5) is 10.5 Å². The van der Waals surface area contributed by atoms with Crippen LogP contribution in [0.1, 0.15) is 22.3 Å². The van der Waals surface area contributed by atoms with Gasteiger partial charge in [0.15, 0.2) is 0 Å². The number of rotatable bonds is 4. The van der Waals surface area contributed by atoms with Crippen LogP contribution < -0.4 is 15.4 Å². The van der Waals surface area contributed by atoms with Gasteiger partial charge in [0.25, 0.3) is 0 Å². The number of ether oxygens (including phenoxy) is 1. The average Bonchev–Trinajstić information content (AvgIpc) is 2.50. The van der Waals surface area contributed by atoms with Crippen molar-refractivity contribution < 1.29 is 9.53 Å². The van der Waals surface area contributed by atoms with Crippen molar-refractivity contribution in [2.24, 2.45) is 0 Å². The monoisotopic (exact) mass is 298 g/mol. The van der Waals surface area contributed by atoms with Crippen molar-refractivity contribution in [1.82, 2.24) is 5.32 Å². The maximum atomic E-state index is 11.5. The number of hydrogen-bond donors (Lipinski definition) is 2. The summed E-state index contributed by atoms with van der Waals surface area (Å²) in [6.45, 7) is 6.61. The minimum atomic E-state index is -0.241. The fourth-order valence-corrected chi connectivity index (χ4v) is 2.20. The van der Waals surface area contributed by atoms with Gasteiger partial charge in [0.2, 0.25) is 0 Å². The third-order valence-corrected chi connectivity index (χ3v) is 3.67. The van der Waals surface area contributed by atoms with E-state index < -0.39 is 0 Å². The second-order valence-corrected chi connectivity index (χ2v) is 5.35. The maximum Gasteiger partial charge on any atom is 0.318 e. The van der Waals surface area contributed by atoms with Gasteiger partial charge in [0.1, 0.15) is 12.4 Å². The van der Waals surface area contributed by atoms with Crippen LogP contribution in [-0.4, -0.2) is 13.1 Å². The Bertz CT molecular complexity index is 681. The van der Waals surface area contributed by atoms with Crippen molar-refractivity contribution >= 4 is 11.7 Å². The van der Waals surface area contributed by atoms with E-state index in [0.717, 1.165) is 22.6 Å². The molecule has 0 heterocycles. The molecule has 0 saturated carbocycles. The first-order valence-electron chi connectivity index (χ1n) is 7.28. The van der Waals surface area contributed by atoms with Crippen LogP contribution in [0, 0.1) is 20.8 Å². The lowest BCUT2D eigenvalue weighted by molar-refractivity contribution is 0.254. The van der Waals surface area contributed by atoms with Crippen molar-refractivity contribution in [3.63, 3.8) is 0 Å². The zero-order chi connectivity index (χ0) is 16.1. The van der Waals surface area contributed by atoms with Gasteiger partial charge in [-0.25, -0.2) is 4.79 Å². The molecule has 22 heavy (non-hydrogen) atoms. The van der Waals surface area contributed by atoms with Gasteiger partial charge in [0.05, 0.1) is 0 Å². The highest BCUT2D eigenvalue weighted by Crippen LogP contribution is 2.24. The Hall–Kier alpha value is -2.49. The van der Waals surface area contributed by atoms with Gasteiger partial charge in [-0.15, -0.1) is 0 Å². The Balaban J connectivity index is 2.15. The Morgan fingerprint density at radius 1 is 1.05 bits per heavy atom. The number of anilines is 1. The number of hydrogen-bond acceptors (Lipinski definition) is 2. The molecular formula is C18H22N2O2. The number of carbonyl (C=O) groups excluding carboxylic acids is 1. The molecule has 0 atom stereocenters. The molecule has 2 N–H and O–H groups in total. The molecule has 0 aliphatic heterocycles. The zero-order valence-corrected chi connectivity index (χ0v) is 13.5. The van der Waals surface area contributed by atoms with Crippen LogP contribution in [0.15, 0.2) is 36.4 Å². The summed E-state index contributed by atoms with van der Waals surface area (Å²) in [7, 11) is 1.59. The number of benzene rings is 2. The predicted octanol–water partition coefficient (Wildman–Crippen LogP) is 3.94. The van der Waals surface area contributed by atoms with Crippen molar-refractivity contribution in [2.75, 3.05) is 12.4 Å². The molecule has 4 heteroatoms. The van der Waals surface area contributed by atoms with Gasteiger partial charge in [-0.3, -0.25) is 0 Å². The second-order valence-electron chi connectivity index (χ2n) is 5.35. The van der Waals surface area contributed by atoms with Crippen LogP contribution in [0.2, 0.25) is 0 Å². The molecule has 0 aliphatic carbocycles. The van der Waals surface area contributed by atoms with Crippen molar-refractivity contribution in [3.8, 4) is 5.75 Å². The first kappa shape index (κ1) is 15.9. The quantitative estimate of drug-likeness (QED) is 0.898. The van der Waals surface area contributed by atoms with Gasteiger partial charge >= 0.3 is 6.03 Å². The smallest absolute Gasteiger partial charge is 0.318 e. The van der Waals surface area contributed by atoms with E-state index in [4.69, 9.17) is 4.74 Å². The molecule has 2 aromatic carbocycles. The van der Waals surface area contributed by atoms with E-state index >= 15 is 0 Å². The van der Waals surface area contributed by atoms with Crippen molar-refractivity contribution in [1.29, 1.82) is 0 Å². The van der Waals surface area contributed by atoms with Crippen LogP contribution in [0.25, 0.3) is 0 Å². The standard InChI is InChI=1S/C18H22N2O2/c1-12-9-14(3)17(10-13(12)2)22-11-15-7-5-6-8-16(15)20-18(21)19-4/h5-10H,11H2,1-4H3,(H2,19,20,21). The molecule has 0 spiro atoms. The first-order chi connectivity index (χ1) is 10.5. The molecule has 0 unspecified atom stereocenters. The molecule has 2 amide bonds. The Labute approximate surface area is 131 Å². The van der Waals surface area contributed by atoms with Crippen LogP contribution in [0.3, 0.4) is 0 Å². The minimum Gasteiger partial charge on any atom is -0.489 e. The highest BCUT2D eigenvalue weighted by molar-refractivity contribution is 5.89. The number of urea groups is 1. The fraction of sp³-hybridized carbons (Fsp3) is 0.278. The number of nitrogens with one attached hydrogen (secondary N) is 2. The Morgan fingerprint density at radius 2 is 1.73 bits per heavy atom. The van der Waals surface area contributed by atoms with E-state index in [1.165, 1.54) is 11.1 Å². The van der Waals surface area contributed by atoms with E-state index in [0.29, 0.717) is 6.61 Å². The van der Waals surface area contributed by atoms with Gasteiger partial charge in [-0.1, -0.05) is 24.3 Å². The molecular weight excluding hydrogens is 276 g/mol. The summed E-state index contributed by atoms with van der Waals surface area (Å²) in [6.07, 6.45) is 0. The molecule has 0 saturated heterocycles. The molecule has 2 aromatic rings. The Morgan fingerprint density at radius 3 is 2.45 bits per heavy atom. The molecule has 0 bridgehead atoms. The van der Waals surface area contributed by atoms with Crippen LogP contribution in [0.5, 0.6) is 5.75 Å². The molecule has 0 aromatic heterocycles. The third kappa shape index (κ3) is 3.79. The minimum absolute atomic E-state index is 0.241. The summed E-state index contributed by atoms with van der Waals surface area (Å²) >= 11 is 0. The van der Waals surface area contributed by atoms with Gasteiger partial charge in [0, 0.05) is 18.3 Å². The summed E-state index contributed by atoms with van der Waals surface area (Å²) in [5, 5.41) is 5.35. The molecule has 0 fully saturated rings. The normalized spacial score (nSPS) is 10.2. The summed E-state index contributed by atoms with van der Waals surface area (Å²) in [4.78, 5) is 11.5. The lowest BCUT2D eigenvalue weighted by Gasteiger charge is -2.14. The highest BCUT2D eigenvalue weighted by Gasteiger charge is 2.07. The number of amides is 2. The first-order valence-corrected chi connectivity index (χ1v) is 7.28. The fourth-order valence-electron chi connectivity index (χ4n) is 2.20. The van der Waals surface area contributed by atoms with E-state index in [9.17, 15) is 4.79 Å². The molecule has 0 aliphatic rings. The summed E-state index contributed by atoms with van der Waals surface area (Å²) in [5.41, 5.74) is 5.26. The van der Waals surface area contributed by atoms with E-state index in [-0.39, 0.29) is 6.03 Å². The molecule has 116 valence electrons. The Kier molecular flexibility index (Phi) is 5.04. The van der Waals surface area contributed by atoms with Gasteiger partial charge < -0.3 is 15.4 Å². The largest absolute Gasteiger partial charge is 0.489 e. The summed E-state index contributed by atoms with van der Waals surface area (Å²) in [5.74, 6) is 0.873. The topological polar surface area (TPSA) is 50.4 Å². The number of para-hydroxylation sites is 1. The van der Waals surface area contributed by atoms with E-state index in [1.807, 2.05) is 31.2 Å². The lowest BCUT2D eigenvalue weighted by Crippen LogP contribution is -2.25. The summed E-state index contributed by atoms with van der Waals surface area (Å²) < 4.78 is 5.94. The highest BCUT2D eigenvalue weighted by atomic mass is 16.5. The van der Waals surface area contributed by atoms with Crippen LogP contribution >= 0.6 is 0 Å². The van der Waals surface area contributed by atoms with Gasteiger partial charge in [-0.05, 0) is 49.6 Å².